The average molecular weight is 283 g/mol. The third-order valence-electron chi connectivity index (χ3n) is 3.03. The van der Waals surface area contributed by atoms with Gasteiger partial charge in [-0.1, -0.05) is 0 Å². The maximum atomic E-state index is 12.3. The van der Waals surface area contributed by atoms with Crippen LogP contribution in [0.3, 0.4) is 0 Å². The quantitative estimate of drug-likeness (QED) is 0.787. The molecule has 0 aliphatic heterocycles. The van der Waals surface area contributed by atoms with Crippen LogP contribution < -0.4 is 0 Å². The number of benzene rings is 1. The molecule has 0 saturated carbocycles. The molecule has 106 valence electrons. The molecule has 3 rings (SSSR count). The third kappa shape index (κ3) is 2.81. The van der Waals surface area contributed by atoms with Crippen molar-refractivity contribution >= 4 is 5.91 Å². The molecule has 21 heavy (non-hydrogen) atoms. The molecule has 0 aliphatic rings. The monoisotopic (exact) mass is 283 g/mol. The predicted molar refractivity (Wildman–Crippen MR) is 74.1 cm³/mol. The zero-order valence-corrected chi connectivity index (χ0v) is 11.4. The first-order valence-electron chi connectivity index (χ1n) is 6.34. The van der Waals surface area contributed by atoms with Crippen LogP contribution in [-0.4, -0.2) is 38.0 Å². The molecule has 0 radical (unpaired) electrons. The van der Waals surface area contributed by atoms with E-state index >= 15 is 0 Å². The van der Waals surface area contributed by atoms with Crippen molar-refractivity contribution in [2.75, 3.05) is 7.05 Å². The molecule has 1 aromatic carbocycles. The van der Waals surface area contributed by atoms with Crippen molar-refractivity contribution in [1.82, 2.24) is 25.1 Å². The fourth-order valence-corrected chi connectivity index (χ4v) is 1.96. The maximum Gasteiger partial charge on any atom is 0.254 e. The second-order valence-electron chi connectivity index (χ2n) is 4.52. The highest BCUT2D eigenvalue weighted by atomic mass is 16.4. The molecule has 2 aromatic heterocycles. The largest absolute Gasteiger partial charge is 0.423 e. The standard InChI is InChI=1S/C14H13N5O2/c1-19(8-12-15-6-7-16-12)14(20)11-4-2-10(3-5-11)13-18-17-9-21-13/h2-7,9H,8H2,1H3,(H,15,16). The van der Waals surface area contributed by atoms with Crippen molar-refractivity contribution in [3.63, 3.8) is 0 Å². The molecule has 7 nitrogen and oxygen atoms in total. The van der Waals surface area contributed by atoms with Gasteiger partial charge < -0.3 is 14.3 Å². The van der Waals surface area contributed by atoms with E-state index in [4.69, 9.17) is 4.42 Å². The number of aromatic nitrogens is 4. The predicted octanol–water partition coefficient (Wildman–Crippen LogP) is 1.73. The van der Waals surface area contributed by atoms with Crippen molar-refractivity contribution in [3.05, 3.63) is 54.4 Å². The molecule has 0 saturated heterocycles. The summed E-state index contributed by atoms with van der Waals surface area (Å²) in [4.78, 5) is 21.0. The topological polar surface area (TPSA) is 87.9 Å². The van der Waals surface area contributed by atoms with E-state index in [0.717, 1.165) is 11.4 Å². The molecular formula is C14H13N5O2. The molecule has 0 bridgehead atoms. The summed E-state index contributed by atoms with van der Waals surface area (Å²) >= 11 is 0. The molecule has 0 aliphatic carbocycles. The number of nitrogens with zero attached hydrogens (tertiary/aromatic N) is 4. The van der Waals surface area contributed by atoms with E-state index in [2.05, 4.69) is 20.2 Å². The summed E-state index contributed by atoms with van der Waals surface area (Å²) in [6.45, 7) is 0.428. The number of H-pyrrole nitrogens is 1. The van der Waals surface area contributed by atoms with Crippen molar-refractivity contribution < 1.29 is 9.21 Å². The summed E-state index contributed by atoms with van der Waals surface area (Å²) in [5, 5.41) is 7.45. The van der Waals surface area contributed by atoms with Crippen molar-refractivity contribution in [2.45, 2.75) is 6.54 Å². The van der Waals surface area contributed by atoms with E-state index < -0.39 is 0 Å². The normalized spacial score (nSPS) is 10.5. The summed E-state index contributed by atoms with van der Waals surface area (Å²) in [7, 11) is 1.73. The van der Waals surface area contributed by atoms with Gasteiger partial charge in [-0.15, -0.1) is 10.2 Å². The molecule has 3 aromatic rings. The first-order valence-corrected chi connectivity index (χ1v) is 6.34. The molecule has 1 amide bonds. The number of hydrogen-bond donors (Lipinski definition) is 1. The lowest BCUT2D eigenvalue weighted by atomic mass is 10.1. The van der Waals surface area contributed by atoms with Gasteiger partial charge in [0.05, 0.1) is 6.54 Å². The molecule has 0 atom stereocenters. The Morgan fingerprint density at radius 3 is 2.76 bits per heavy atom. The summed E-state index contributed by atoms with van der Waals surface area (Å²) in [5.41, 5.74) is 1.37. The highest BCUT2D eigenvalue weighted by Crippen LogP contribution is 2.17. The highest BCUT2D eigenvalue weighted by Gasteiger charge is 2.13. The van der Waals surface area contributed by atoms with Crippen LogP contribution in [0.5, 0.6) is 0 Å². The highest BCUT2D eigenvalue weighted by molar-refractivity contribution is 5.94. The number of amides is 1. The van der Waals surface area contributed by atoms with Crippen LogP contribution in [0, 0.1) is 0 Å². The Bertz CT molecular complexity index is 704. The second kappa shape index (κ2) is 5.58. The average Bonchev–Trinajstić information content (AvgIpc) is 3.20. The number of aromatic amines is 1. The van der Waals surface area contributed by atoms with Crippen LogP contribution in [0.4, 0.5) is 0 Å². The van der Waals surface area contributed by atoms with Gasteiger partial charge in [-0.05, 0) is 24.3 Å². The Balaban J connectivity index is 1.72. The summed E-state index contributed by atoms with van der Waals surface area (Å²) < 4.78 is 5.11. The van der Waals surface area contributed by atoms with Gasteiger partial charge >= 0.3 is 0 Å². The van der Waals surface area contributed by atoms with Crippen molar-refractivity contribution in [3.8, 4) is 11.5 Å². The van der Waals surface area contributed by atoms with Gasteiger partial charge in [-0.2, -0.15) is 0 Å². The summed E-state index contributed by atoms with van der Waals surface area (Å²) in [6, 6.07) is 7.03. The second-order valence-corrected chi connectivity index (χ2v) is 4.52. The number of carbonyl (C=O) groups is 1. The molecule has 0 spiro atoms. The Labute approximate surface area is 120 Å². The number of nitrogens with one attached hydrogen (secondary N) is 1. The SMILES string of the molecule is CN(Cc1ncc[nH]1)C(=O)c1ccc(-c2nnco2)cc1. The van der Waals surface area contributed by atoms with Gasteiger partial charge in [0, 0.05) is 30.6 Å². The van der Waals surface area contributed by atoms with Gasteiger partial charge in [0.2, 0.25) is 12.3 Å². The molecule has 7 heteroatoms. The Morgan fingerprint density at radius 2 is 2.14 bits per heavy atom. The Morgan fingerprint density at radius 1 is 1.33 bits per heavy atom. The van der Waals surface area contributed by atoms with Gasteiger partial charge in [-0.25, -0.2) is 4.98 Å². The zero-order valence-electron chi connectivity index (χ0n) is 11.4. The van der Waals surface area contributed by atoms with E-state index in [1.807, 2.05) is 0 Å². The molecule has 1 N–H and O–H groups in total. The van der Waals surface area contributed by atoms with Crippen LogP contribution in [0.2, 0.25) is 0 Å². The number of hydrogen-bond acceptors (Lipinski definition) is 5. The zero-order chi connectivity index (χ0) is 14.7. The van der Waals surface area contributed by atoms with Gasteiger partial charge in [0.1, 0.15) is 5.82 Å². The van der Waals surface area contributed by atoms with Crippen LogP contribution in [-0.2, 0) is 6.54 Å². The van der Waals surface area contributed by atoms with Crippen LogP contribution >= 0.6 is 0 Å². The first kappa shape index (κ1) is 13.0. The minimum absolute atomic E-state index is 0.0801. The van der Waals surface area contributed by atoms with Crippen LogP contribution in [0.1, 0.15) is 16.2 Å². The van der Waals surface area contributed by atoms with Gasteiger partial charge in [0.25, 0.3) is 5.91 Å². The smallest absolute Gasteiger partial charge is 0.254 e. The molecule has 0 fully saturated rings. The van der Waals surface area contributed by atoms with Crippen LogP contribution in [0.15, 0.2) is 47.5 Å². The number of imidazole rings is 1. The molecule has 2 heterocycles. The lowest BCUT2D eigenvalue weighted by molar-refractivity contribution is 0.0782. The maximum absolute atomic E-state index is 12.3. The minimum Gasteiger partial charge on any atom is -0.423 e. The molecular weight excluding hydrogens is 270 g/mol. The van der Waals surface area contributed by atoms with E-state index in [1.54, 1.807) is 48.6 Å². The lowest BCUT2D eigenvalue weighted by Crippen LogP contribution is -2.26. The fourth-order valence-electron chi connectivity index (χ4n) is 1.96. The van der Waals surface area contributed by atoms with Gasteiger partial charge in [-0.3, -0.25) is 4.79 Å². The summed E-state index contributed by atoms with van der Waals surface area (Å²) in [5.74, 6) is 1.09. The third-order valence-corrected chi connectivity index (χ3v) is 3.03. The fraction of sp³-hybridized carbons (Fsp3) is 0.143. The summed E-state index contributed by atoms with van der Waals surface area (Å²) in [6.07, 6.45) is 4.66. The minimum atomic E-state index is -0.0801. The lowest BCUT2D eigenvalue weighted by Gasteiger charge is -2.15. The number of carbonyl (C=O) groups excluding carboxylic acids is 1. The molecule has 0 unspecified atom stereocenters. The van der Waals surface area contributed by atoms with E-state index in [1.165, 1.54) is 6.39 Å². The van der Waals surface area contributed by atoms with Crippen molar-refractivity contribution in [1.29, 1.82) is 0 Å². The Hall–Kier alpha value is -2.96. The van der Waals surface area contributed by atoms with Crippen LogP contribution in [0.25, 0.3) is 11.5 Å². The van der Waals surface area contributed by atoms with Crippen molar-refractivity contribution in [2.24, 2.45) is 0 Å². The van der Waals surface area contributed by atoms with E-state index in [9.17, 15) is 4.79 Å². The number of rotatable bonds is 4. The van der Waals surface area contributed by atoms with E-state index in [0.29, 0.717) is 18.0 Å². The Kier molecular flexibility index (Phi) is 3.46. The first-order chi connectivity index (χ1) is 10.2. The van der Waals surface area contributed by atoms with Gasteiger partial charge in [0.15, 0.2) is 0 Å². The van der Waals surface area contributed by atoms with E-state index in [-0.39, 0.29) is 5.91 Å².